The third-order valence-corrected chi connectivity index (χ3v) is 4.78. The zero-order valence-corrected chi connectivity index (χ0v) is 14.8. The maximum absolute atomic E-state index is 5.57. The first-order chi connectivity index (χ1) is 10.2. The summed E-state index contributed by atoms with van der Waals surface area (Å²) in [4.78, 5) is 0. The fourth-order valence-electron chi connectivity index (χ4n) is 2.33. The van der Waals surface area contributed by atoms with Crippen LogP contribution in [-0.2, 0) is 0 Å². The molecular weight excluding hydrogens is 354 g/mol. The minimum absolute atomic E-state index is 0.0160. The minimum atomic E-state index is 0.0160. The highest BCUT2D eigenvalue weighted by molar-refractivity contribution is 9.11. The number of rotatable bonds is 6. The highest BCUT2D eigenvalue weighted by Gasteiger charge is 2.23. The Balaban J connectivity index is 2.55. The third-order valence-electron chi connectivity index (χ3n) is 3.26. The predicted octanol–water partition coefficient (Wildman–Crippen LogP) is 3.85. The average molecular weight is 372 g/mol. The first-order valence-electron chi connectivity index (χ1n) is 6.36. The molecule has 4 nitrogen and oxygen atoms in total. The Morgan fingerprint density at radius 2 is 1.81 bits per heavy atom. The molecule has 114 valence electrons. The standard InChI is InChI=1S/C15H18BrNO3S/c1-17-13(9-7-12(16)21-8-9)10-5-6-11(18-2)15(20-4)14(10)19-3/h5-8,13,17H,1-4H3. The number of ether oxygens (including phenoxy) is 3. The van der Waals surface area contributed by atoms with Crippen molar-refractivity contribution in [2.45, 2.75) is 6.04 Å². The second-order valence-corrected chi connectivity index (χ2v) is 6.62. The molecule has 0 aliphatic rings. The van der Waals surface area contributed by atoms with Crippen LogP contribution in [0.15, 0.2) is 27.4 Å². The van der Waals surface area contributed by atoms with Gasteiger partial charge in [-0.1, -0.05) is 0 Å². The first kappa shape index (κ1) is 16.1. The van der Waals surface area contributed by atoms with E-state index in [9.17, 15) is 0 Å². The van der Waals surface area contributed by atoms with Crippen molar-refractivity contribution in [1.82, 2.24) is 5.32 Å². The maximum atomic E-state index is 5.57. The van der Waals surface area contributed by atoms with Gasteiger partial charge in [-0.2, -0.15) is 0 Å². The topological polar surface area (TPSA) is 39.7 Å². The summed E-state index contributed by atoms with van der Waals surface area (Å²) in [7, 11) is 6.78. The van der Waals surface area contributed by atoms with Crippen LogP contribution in [-0.4, -0.2) is 28.4 Å². The van der Waals surface area contributed by atoms with Crippen LogP contribution in [0.5, 0.6) is 17.2 Å². The number of hydrogen-bond acceptors (Lipinski definition) is 5. The van der Waals surface area contributed by atoms with Gasteiger partial charge in [-0.15, -0.1) is 11.3 Å². The summed E-state index contributed by atoms with van der Waals surface area (Å²) in [6.07, 6.45) is 0. The molecule has 1 heterocycles. The fourth-order valence-corrected chi connectivity index (χ4v) is 3.53. The summed E-state index contributed by atoms with van der Waals surface area (Å²) < 4.78 is 17.4. The summed E-state index contributed by atoms with van der Waals surface area (Å²) in [6.45, 7) is 0. The molecule has 0 spiro atoms. The van der Waals surface area contributed by atoms with Gasteiger partial charge in [0.05, 0.1) is 31.2 Å². The van der Waals surface area contributed by atoms with Crippen LogP contribution < -0.4 is 19.5 Å². The van der Waals surface area contributed by atoms with E-state index in [0.717, 1.165) is 9.35 Å². The number of benzene rings is 1. The molecule has 21 heavy (non-hydrogen) atoms. The van der Waals surface area contributed by atoms with Crippen molar-refractivity contribution in [1.29, 1.82) is 0 Å². The van der Waals surface area contributed by atoms with Crippen molar-refractivity contribution >= 4 is 27.3 Å². The van der Waals surface area contributed by atoms with Gasteiger partial charge in [0.15, 0.2) is 11.5 Å². The lowest BCUT2D eigenvalue weighted by Crippen LogP contribution is -2.18. The van der Waals surface area contributed by atoms with Gasteiger partial charge in [-0.05, 0) is 52.1 Å². The predicted molar refractivity (Wildman–Crippen MR) is 89.0 cm³/mol. The van der Waals surface area contributed by atoms with Gasteiger partial charge in [0, 0.05) is 5.56 Å². The van der Waals surface area contributed by atoms with Crippen LogP contribution >= 0.6 is 27.3 Å². The van der Waals surface area contributed by atoms with Gasteiger partial charge in [0.1, 0.15) is 0 Å². The van der Waals surface area contributed by atoms with E-state index in [1.54, 1.807) is 32.7 Å². The van der Waals surface area contributed by atoms with E-state index in [1.165, 1.54) is 5.56 Å². The number of thiophene rings is 1. The van der Waals surface area contributed by atoms with Gasteiger partial charge >= 0.3 is 0 Å². The van der Waals surface area contributed by atoms with Gasteiger partial charge in [-0.3, -0.25) is 0 Å². The molecule has 0 amide bonds. The summed E-state index contributed by atoms with van der Waals surface area (Å²) in [6, 6.07) is 6.00. The molecule has 0 aliphatic heterocycles. The number of methoxy groups -OCH3 is 3. The van der Waals surface area contributed by atoms with Crippen molar-refractivity contribution in [3.8, 4) is 17.2 Å². The Bertz CT molecular complexity index is 615. The number of hydrogen-bond donors (Lipinski definition) is 1. The Labute approximate surface area is 137 Å². The van der Waals surface area contributed by atoms with E-state index in [2.05, 4.69) is 32.7 Å². The largest absolute Gasteiger partial charge is 0.493 e. The van der Waals surface area contributed by atoms with Gasteiger partial charge in [0.2, 0.25) is 5.75 Å². The molecule has 0 saturated carbocycles. The molecule has 1 atom stereocenters. The van der Waals surface area contributed by atoms with Crippen LogP contribution in [0.3, 0.4) is 0 Å². The Kier molecular flexibility index (Phi) is 5.50. The van der Waals surface area contributed by atoms with E-state index >= 15 is 0 Å². The second kappa shape index (κ2) is 7.15. The van der Waals surface area contributed by atoms with Gasteiger partial charge < -0.3 is 19.5 Å². The highest BCUT2D eigenvalue weighted by Crippen LogP contribution is 2.44. The van der Waals surface area contributed by atoms with E-state index < -0.39 is 0 Å². The van der Waals surface area contributed by atoms with Crippen LogP contribution in [0, 0.1) is 0 Å². The molecule has 0 radical (unpaired) electrons. The lowest BCUT2D eigenvalue weighted by molar-refractivity contribution is 0.320. The van der Waals surface area contributed by atoms with Crippen molar-refractivity contribution < 1.29 is 14.2 Å². The lowest BCUT2D eigenvalue weighted by Gasteiger charge is -2.21. The zero-order chi connectivity index (χ0) is 15.4. The average Bonchev–Trinajstić information content (AvgIpc) is 2.93. The van der Waals surface area contributed by atoms with E-state index in [0.29, 0.717) is 17.2 Å². The normalized spacial score (nSPS) is 12.0. The van der Waals surface area contributed by atoms with Crippen LogP contribution in [0.25, 0.3) is 0 Å². The first-order valence-corrected chi connectivity index (χ1v) is 8.03. The molecule has 2 aromatic rings. The van der Waals surface area contributed by atoms with Crippen LogP contribution in [0.2, 0.25) is 0 Å². The third kappa shape index (κ3) is 3.17. The molecule has 1 unspecified atom stereocenters. The highest BCUT2D eigenvalue weighted by atomic mass is 79.9. The van der Waals surface area contributed by atoms with Crippen molar-refractivity contribution in [2.75, 3.05) is 28.4 Å². The number of halogens is 1. The van der Waals surface area contributed by atoms with Crippen molar-refractivity contribution in [2.24, 2.45) is 0 Å². The molecule has 1 aromatic carbocycles. The lowest BCUT2D eigenvalue weighted by atomic mass is 9.99. The van der Waals surface area contributed by atoms with Gasteiger partial charge in [0.25, 0.3) is 0 Å². The summed E-state index contributed by atoms with van der Waals surface area (Å²) in [5.74, 6) is 1.94. The summed E-state index contributed by atoms with van der Waals surface area (Å²) >= 11 is 5.16. The van der Waals surface area contributed by atoms with Crippen molar-refractivity contribution in [3.63, 3.8) is 0 Å². The summed E-state index contributed by atoms with van der Waals surface area (Å²) in [5, 5.41) is 5.43. The smallest absolute Gasteiger partial charge is 0.203 e. The van der Waals surface area contributed by atoms with E-state index in [-0.39, 0.29) is 6.04 Å². The molecule has 6 heteroatoms. The quantitative estimate of drug-likeness (QED) is 0.836. The molecule has 0 saturated heterocycles. The SMILES string of the molecule is CNC(c1csc(Br)c1)c1ccc(OC)c(OC)c1OC. The fraction of sp³-hybridized carbons (Fsp3) is 0.333. The maximum Gasteiger partial charge on any atom is 0.203 e. The van der Waals surface area contributed by atoms with Crippen LogP contribution in [0.1, 0.15) is 17.2 Å². The minimum Gasteiger partial charge on any atom is -0.493 e. The molecule has 0 aliphatic carbocycles. The van der Waals surface area contributed by atoms with Crippen molar-refractivity contribution in [3.05, 3.63) is 38.5 Å². The Hall–Kier alpha value is -1.24. The molecular formula is C15H18BrNO3S. The number of nitrogens with one attached hydrogen (secondary N) is 1. The Morgan fingerprint density at radius 3 is 2.29 bits per heavy atom. The molecule has 1 N–H and O–H groups in total. The second-order valence-electron chi connectivity index (χ2n) is 4.33. The molecule has 0 fully saturated rings. The zero-order valence-electron chi connectivity index (χ0n) is 12.4. The van der Waals surface area contributed by atoms with E-state index in [1.807, 2.05) is 19.2 Å². The van der Waals surface area contributed by atoms with Crippen LogP contribution in [0.4, 0.5) is 0 Å². The van der Waals surface area contributed by atoms with Gasteiger partial charge in [-0.25, -0.2) is 0 Å². The molecule has 0 bridgehead atoms. The monoisotopic (exact) mass is 371 g/mol. The molecule has 2 rings (SSSR count). The van der Waals surface area contributed by atoms with E-state index in [4.69, 9.17) is 14.2 Å². The Morgan fingerprint density at radius 1 is 1.10 bits per heavy atom. The molecule has 1 aromatic heterocycles. The summed E-state index contributed by atoms with van der Waals surface area (Å²) in [5.41, 5.74) is 2.17.